The van der Waals surface area contributed by atoms with Gasteiger partial charge in [-0.25, -0.2) is 9.13 Å². The summed E-state index contributed by atoms with van der Waals surface area (Å²) in [5.41, 5.74) is 0. The fourth-order valence-electron chi connectivity index (χ4n) is 10.0. The van der Waals surface area contributed by atoms with E-state index in [4.69, 9.17) is 32.3 Å². The number of phosphoric acid groups is 2. The van der Waals surface area contributed by atoms with Crippen molar-refractivity contribution in [3.8, 4) is 0 Å². The summed E-state index contributed by atoms with van der Waals surface area (Å²) in [6.45, 7) is 2.51. The van der Waals surface area contributed by atoms with Crippen LogP contribution in [0.5, 0.6) is 0 Å². The maximum Gasteiger partial charge on any atom is 0.472 e. The Morgan fingerprint density at radius 2 is 0.558 bits per heavy atom. The van der Waals surface area contributed by atoms with E-state index in [9.17, 15) is 43.5 Å². The van der Waals surface area contributed by atoms with E-state index in [2.05, 4.69) is 118 Å². The van der Waals surface area contributed by atoms with Crippen LogP contribution in [0.1, 0.15) is 316 Å². The number of allylic oxidation sites excluding steroid dienone is 16. The Labute approximate surface area is 578 Å². The Morgan fingerprint density at radius 1 is 0.305 bits per heavy atom. The van der Waals surface area contributed by atoms with Gasteiger partial charge in [-0.3, -0.25) is 32.5 Å². The van der Waals surface area contributed by atoms with E-state index in [0.29, 0.717) is 19.3 Å². The van der Waals surface area contributed by atoms with Gasteiger partial charge < -0.3 is 34.2 Å². The molecule has 18 heteroatoms. The number of rotatable bonds is 71. The van der Waals surface area contributed by atoms with Crippen LogP contribution in [0.15, 0.2) is 97.2 Å². The molecule has 550 valence electrons. The first kappa shape index (κ1) is 91.5. The van der Waals surface area contributed by atoms with E-state index in [1.54, 1.807) is 0 Å². The Morgan fingerprint density at radius 3 is 0.916 bits per heavy atom. The normalized spacial score (nSPS) is 14.6. The third kappa shape index (κ3) is 71.6. The molecule has 0 saturated heterocycles. The fourth-order valence-corrected chi connectivity index (χ4v) is 11.6. The number of esters is 3. The predicted molar refractivity (Wildman–Crippen MR) is 390 cm³/mol. The number of aliphatic hydroxyl groups excluding tert-OH is 2. The molecule has 5 atom stereocenters. The SMILES string of the molecule is CC/C=C\C/C=C\C/C=C\C/C=C\C/C=C\CCCCCCCCCCCCCCCCCC(=O)OCC(O)COP(=O)(O)OCC(O)COP(=O)(O)OCC(COC(=O)CCCCCCC/C=C\C/C=C\CCCCC)OC(=O)CCCCCCC/C=C\CCCCCC. The zero-order valence-corrected chi connectivity index (χ0v) is 61.6. The summed E-state index contributed by atoms with van der Waals surface area (Å²) < 4.78 is 60.9. The summed E-state index contributed by atoms with van der Waals surface area (Å²) in [4.78, 5) is 58.4. The average Bonchev–Trinajstić information content (AvgIpc) is 1.75. The number of unbranched alkanes of at least 4 members (excludes halogenated alkanes) is 32. The molecule has 4 N–H and O–H groups in total. The predicted octanol–water partition coefficient (Wildman–Crippen LogP) is 21.4. The van der Waals surface area contributed by atoms with Crippen molar-refractivity contribution in [3.63, 3.8) is 0 Å². The molecular weight excluding hydrogens is 1240 g/mol. The third-order valence-electron chi connectivity index (χ3n) is 15.8. The van der Waals surface area contributed by atoms with Gasteiger partial charge in [0.1, 0.15) is 25.4 Å². The molecule has 0 aliphatic heterocycles. The molecular formula is C77H136O16P2. The smallest absolute Gasteiger partial charge is 0.463 e. The second-order valence-corrected chi connectivity index (χ2v) is 28.0. The van der Waals surface area contributed by atoms with Crippen LogP contribution in [0.4, 0.5) is 0 Å². The van der Waals surface area contributed by atoms with E-state index in [1.165, 1.54) is 122 Å². The lowest BCUT2D eigenvalue weighted by Gasteiger charge is -2.21. The number of hydrogen-bond acceptors (Lipinski definition) is 14. The van der Waals surface area contributed by atoms with Crippen LogP contribution in [0.2, 0.25) is 0 Å². The number of carbonyl (C=O) groups is 3. The number of aliphatic hydroxyl groups is 2. The number of hydrogen-bond donors (Lipinski definition) is 4. The van der Waals surface area contributed by atoms with E-state index in [-0.39, 0.29) is 19.3 Å². The summed E-state index contributed by atoms with van der Waals surface area (Å²) in [6, 6.07) is 0. The molecule has 0 saturated carbocycles. The maximum atomic E-state index is 12.9. The molecule has 0 aromatic rings. The summed E-state index contributed by atoms with van der Waals surface area (Å²) in [5, 5.41) is 20.6. The van der Waals surface area contributed by atoms with Gasteiger partial charge in [-0.05, 0) is 122 Å². The second kappa shape index (κ2) is 70.3. The summed E-state index contributed by atoms with van der Waals surface area (Å²) in [6.07, 6.45) is 79.0. The number of phosphoric ester groups is 2. The second-order valence-electron chi connectivity index (χ2n) is 25.1. The molecule has 0 aromatic carbocycles. The van der Waals surface area contributed by atoms with E-state index in [1.807, 2.05) is 0 Å². The van der Waals surface area contributed by atoms with Gasteiger partial charge in [-0.2, -0.15) is 0 Å². The van der Waals surface area contributed by atoms with Crippen LogP contribution in [-0.2, 0) is 55.8 Å². The standard InChI is InChI=1S/C77H136O16P2/c1-4-7-10-13-16-19-22-25-27-28-29-30-31-32-33-34-35-36-37-38-39-40-41-42-44-47-48-51-54-57-60-63-75(80)87-66-72(78)67-89-94(83,84)90-68-73(79)69-91-95(85,86)92-71-74(93-77(82)65-62-59-56-53-50-45-24-21-18-15-12-9-6-3)70-88-76(81)64-61-58-55-52-49-46-43-26-23-20-17-14-11-8-5-2/h7,10,16-17,19-21,24-27,29-30,32-33,43,72-74,78-79H,4-6,8-9,11-15,18,22-23,28,31,34-42,44-71H2,1-3H3,(H,83,84)(H,85,86)/b10-7-,19-16-,20-17-,24-21-,27-25-,30-29-,33-32-,43-26-. The van der Waals surface area contributed by atoms with Gasteiger partial charge in [-0.1, -0.05) is 272 Å². The Kier molecular flexibility index (Phi) is 67.7. The minimum absolute atomic E-state index is 0.0927. The molecule has 95 heavy (non-hydrogen) atoms. The van der Waals surface area contributed by atoms with Crippen molar-refractivity contribution in [1.29, 1.82) is 0 Å². The van der Waals surface area contributed by atoms with Crippen molar-refractivity contribution < 1.29 is 75.8 Å². The Hall–Kier alpha value is -3.53. The molecule has 0 fully saturated rings. The van der Waals surface area contributed by atoms with E-state index in [0.717, 1.165) is 135 Å². The van der Waals surface area contributed by atoms with Crippen molar-refractivity contribution in [2.75, 3.05) is 39.6 Å². The molecule has 5 unspecified atom stereocenters. The van der Waals surface area contributed by atoms with Gasteiger partial charge >= 0.3 is 33.6 Å². The van der Waals surface area contributed by atoms with Crippen molar-refractivity contribution in [2.45, 2.75) is 334 Å². The third-order valence-corrected chi connectivity index (χ3v) is 17.7. The van der Waals surface area contributed by atoms with Crippen LogP contribution in [0, 0.1) is 0 Å². The first-order valence-corrected chi connectivity index (χ1v) is 40.5. The lowest BCUT2D eigenvalue weighted by molar-refractivity contribution is -0.161. The molecule has 0 heterocycles. The molecule has 0 rings (SSSR count). The Bertz CT molecular complexity index is 2120. The van der Waals surface area contributed by atoms with E-state index >= 15 is 0 Å². The first-order chi connectivity index (χ1) is 46.2. The molecule has 0 aliphatic rings. The minimum Gasteiger partial charge on any atom is -0.463 e. The highest BCUT2D eigenvalue weighted by Gasteiger charge is 2.29. The molecule has 0 radical (unpaired) electrons. The van der Waals surface area contributed by atoms with E-state index < -0.39 is 91.5 Å². The quantitative estimate of drug-likeness (QED) is 0.0146. The number of ether oxygens (including phenoxy) is 3. The highest BCUT2D eigenvalue weighted by atomic mass is 31.2. The first-order valence-electron chi connectivity index (χ1n) is 37.5. The lowest BCUT2D eigenvalue weighted by Crippen LogP contribution is -2.30. The van der Waals surface area contributed by atoms with Gasteiger partial charge in [0.25, 0.3) is 0 Å². The van der Waals surface area contributed by atoms with Gasteiger partial charge in [0.15, 0.2) is 6.10 Å². The highest BCUT2D eigenvalue weighted by Crippen LogP contribution is 2.45. The van der Waals surface area contributed by atoms with Gasteiger partial charge in [0, 0.05) is 19.3 Å². The fraction of sp³-hybridized carbons (Fsp3) is 0.753. The monoisotopic (exact) mass is 1380 g/mol. The minimum atomic E-state index is -4.93. The summed E-state index contributed by atoms with van der Waals surface area (Å²) >= 11 is 0. The van der Waals surface area contributed by atoms with Gasteiger partial charge in [-0.15, -0.1) is 0 Å². The van der Waals surface area contributed by atoms with Crippen LogP contribution >= 0.6 is 15.6 Å². The van der Waals surface area contributed by atoms with Crippen LogP contribution in [-0.4, -0.2) is 95.9 Å². The maximum absolute atomic E-state index is 12.9. The molecule has 0 aromatic heterocycles. The topological polar surface area (TPSA) is 231 Å². The summed E-state index contributed by atoms with van der Waals surface area (Å²) in [5.74, 6) is -1.59. The number of carbonyl (C=O) groups excluding carboxylic acids is 3. The lowest BCUT2D eigenvalue weighted by atomic mass is 10.0. The molecule has 0 spiro atoms. The van der Waals surface area contributed by atoms with Crippen LogP contribution < -0.4 is 0 Å². The molecule has 16 nitrogen and oxygen atoms in total. The average molecular weight is 1380 g/mol. The summed E-state index contributed by atoms with van der Waals surface area (Å²) in [7, 11) is -9.78. The van der Waals surface area contributed by atoms with Crippen LogP contribution in [0.25, 0.3) is 0 Å². The highest BCUT2D eigenvalue weighted by molar-refractivity contribution is 7.47. The van der Waals surface area contributed by atoms with Gasteiger partial charge in [0.2, 0.25) is 0 Å². The van der Waals surface area contributed by atoms with Crippen LogP contribution in [0.3, 0.4) is 0 Å². The molecule has 0 bridgehead atoms. The molecule has 0 amide bonds. The van der Waals surface area contributed by atoms with Crippen molar-refractivity contribution >= 4 is 33.6 Å². The Balaban J connectivity index is 4.40. The zero-order chi connectivity index (χ0) is 69.5. The molecule has 0 aliphatic carbocycles. The zero-order valence-electron chi connectivity index (χ0n) is 59.8. The van der Waals surface area contributed by atoms with Crippen molar-refractivity contribution in [1.82, 2.24) is 0 Å². The van der Waals surface area contributed by atoms with Crippen molar-refractivity contribution in [3.05, 3.63) is 97.2 Å². The largest absolute Gasteiger partial charge is 0.472 e. The van der Waals surface area contributed by atoms with Gasteiger partial charge in [0.05, 0.1) is 26.4 Å². The van der Waals surface area contributed by atoms with Crippen molar-refractivity contribution in [2.24, 2.45) is 0 Å².